The number of ether oxygens (including phenoxy) is 1. The van der Waals surface area contributed by atoms with Gasteiger partial charge in [-0.15, -0.1) is 0 Å². The number of benzene rings is 1. The highest BCUT2D eigenvalue weighted by Gasteiger charge is 2.30. The molecule has 1 amide bonds. The topological polar surface area (TPSA) is 98.5 Å². The molecule has 1 aromatic carbocycles. The van der Waals surface area contributed by atoms with Gasteiger partial charge in [0.2, 0.25) is 10.0 Å². The van der Waals surface area contributed by atoms with Crippen LogP contribution < -0.4 is 10.5 Å². The zero-order valence-corrected chi connectivity index (χ0v) is 12.7. The van der Waals surface area contributed by atoms with Crippen LogP contribution in [-0.2, 0) is 26.1 Å². The molecule has 0 heterocycles. The first-order valence-corrected chi connectivity index (χ1v) is 7.73. The maximum atomic E-state index is 12.0. The molecule has 1 aromatic rings. The lowest BCUT2D eigenvalue weighted by atomic mass is 10.0. The summed E-state index contributed by atoms with van der Waals surface area (Å²) >= 11 is 0. The third-order valence-corrected chi connectivity index (χ3v) is 4.20. The third-order valence-electron chi connectivity index (χ3n) is 3.29. The highest BCUT2D eigenvalue weighted by atomic mass is 32.2. The van der Waals surface area contributed by atoms with Crippen molar-refractivity contribution >= 4 is 15.9 Å². The molecule has 0 spiro atoms. The van der Waals surface area contributed by atoms with E-state index < -0.39 is 15.6 Å². The molecular weight excluding hydrogens is 280 g/mol. The van der Waals surface area contributed by atoms with E-state index in [-0.39, 0.29) is 17.3 Å². The molecule has 0 saturated heterocycles. The van der Waals surface area contributed by atoms with Gasteiger partial charge in [0.05, 0.1) is 4.90 Å². The van der Waals surface area contributed by atoms with Crippen LogP contribution >= 0.6 is 0 Å². The van der Waals surface area contributed by atoms with Gasteiger partial charge < -0.3 is 10.1 Å². The van der Waals surface area contributed by atoms with Crippen molar-refractivity contribution in [3.05, 3.63) is 29.8 Å². The van der Waals surface area contributed by atoms with Crippen molar-refractivity contribution in [2.45, 2.75) is 37.3 Å². The quantitative estimate of drug-likeness (QED) is 0.810. The van der Waals surface area contributed by atoms with Gasteiger partial charge in [-0.05, 0) is 31.0 Å². The van der Waals surface area contributed by atoms with Crippen molar-refractivity contribution < 1.29 is 17.9 Å². The van der Waals surface area contributed by atoms with E-state index >= 15 is 0 Å². The van der Waals surface area contributed by atoms with Crippen molar-refractivity contribution in [3.63, 3.8) is 0 Å². The number of amides is 1. The first-order valence-electron chi connectivity index (χ1n) is 6.18. The lowest BCUT2D eigenvalue weighted by molar-refractivity contribution is -0.142. The van der Waals surface area contributed by atoms with Gasteiger partial charge >= 0.3 is 0 Å². The van der Waals surface area contributed by atoms with Crippen molar-refractivity contribution in [3.8, 4) is 0 Å². The SMILES string of the molecule is CCC(C)(OC)C(=O)NCc1cccc(S(N)(=O)=O)c1. The largest absolute Gasteiger partial charge is 0.369 e. The van der Waals surface area contributed by atoms with Crippen LogP contribution in [0.2, 0.25) is 0 Å². The molecule has 1 unspecified atom stereocenters. The van der Waals surface area contributed by atoms with E-state index in [0.29, 0.717) is 12.0 Å². The predicted molar refractivity (Wildman–Crippen MR) is 75.4 cm³/mol. The Hall–Kier alpha value is -1.44. The monoisotopic (exact) mass is 300 g/mol. The summed E-state index contributed by atoms with van der Waals surface area (Å²) in [7, 11) is -2.26. The summed E-state index contributed by atoms with van der Waals surface area (Å²) in [4.78, 5) is 12.0. The summed E-state index contributed by atoms with van der Waals surface area (Å²) in [6, 6.07) is 6.14. The first-order chi connectivity index (χ1) is 9.23. The Balaban J connectivity index is 2.79. The first kappa shape index (κ1) is 16.6. The van der Waals surface area contributed by atoms with Crippen LogP contribution in [0, 0.1) is 0 Å². The number of sulfonamides is 1. The number of carbonyl (C=O) groups is 1. The Morgan fingerprint density at radius 3 is 2.60 bits per heavy atom. The number of nitrogens with one attached hydrogen (secondary N) is 1. The number of methoxy groups -OCH3 is 1. The zero-order chi connectivity index (χ0) is 15.4. The molecule has 0 aromatic heterocycles. The van der Waals surface area contributed by atoms with Gasteiger partial charge in [-0.3, -0.25) is 4.79 Å². The summed E-state index contributed by atoms with van der Waals surface area (Å²) in [5.41, 5.74) is -0.239. The molecule has 112 valence electrons. The van der Waals surface area contributed by atoms with Crippen LogP contribution in [0.25, 0.3) is 0 Å². The van der Waals surface area contributed by atoms with Gasteiger partial charge in [0.25, 0.3) is 5.91 Å². The maximum absolute atomic E-state index is 12.0. The number of nitrogens with two attached hydrogens (primary N) is 1. The molecule has 0 saturated carbocycles. The molecule has 0 bridgehead atoms. The fourth-order valence-corrected chi connectivity index (χ4v) is 2.18. The summed E-state index contributed by atoms with van der Waals surface area (Å²) in [5, 5.41) is 7.78. The highest BCUT2D eigenvalue weighted by Crippen LogP contribution is 2.15. The van der Waals surface area contributed by atoms with Crippen molar-refractivity contribution in [2.75, 3.05) is 7.11 Å². The average molecular weight is 300 g/mol. The second-order valence-electron chi connectivity index (χ2n) is 4.66. The lowest BCUT2D eigenvalue weighted by Crippen LogP contribution is -2.45. The average Bonchev–Trinajstić information content (AvgIpc) is 2.43. The minimum absolute atomic E-state index is 0.0224. The number of hydrogen-bond donors (Lipinski definition) is 2. The van der Waals surface area contributed by atoms with Gasteiger partial charge in [0.15, 0.2) is 0 Å². The Morgan fingerprint density at radius 2 is 2.10 bits per heavy atom. The highest BCUT2D eigenvalue weighted by molar-refractivity contribution is 7.89. The summed E-state index contributed by atoms with van der Waals surface area (Å²) < 4.78 is 27.7. The van der Waals surface area contributed by atoms with Crippen molar-refractivity contribution in [1.29, 1.82) is 0 Å². The zero-order valence-electron chi connectivity index (χ0n) is 11.8. The van der Waals surface area contributed by atoms with Crippen LogP contribution in [0.1, 0.15) is 25.8 Å². The van der Waals surface area contributed by atoms with E-state index in [1.165, 1.54) is 19.2 Å². The van der Waals surface area contributed by atoms with Gasteiger partial charge in [-0.25, -0.2) is 13.6 Å². The Kier molecular flexibility index (Phi) is 5.27. The van der Waals surface area contributed by atoms with Crippen LogP contribution in [-0.4, -0.2) is 27.0 Å². The molecule has 3 N–H and O–H groups in total. The predicted octanol–water partition coefficient (Wildman–Crippen LogP) is 0.765. The molecule has 1 atom stereocenters. The fraction of sp³-hybridized carbons (Fsp3) is 0.462. The summed E-state index contributed by atoms with van der Waals surface area (Å²) in [6.07, 6.45) is 0.534. The second kappa shape index (κ2) is 6.34. The molecule has 6 nitrogen and oxygen atoms in total. The molecule has 0 aliphatic heterocycles. The van der Waals surface area contributed by atoms with E-state index in [1.54, 1.807) is 19.1 Å². The number of rotatable bonds is 6. The summed E-state index contributed by atoms with van der Waals surface area (Å²) in [6.45, 7) is 3.76. The van der Waals surface area contributed by atoms with Gasteiger partial charge in [-0.2, -0.15) is 0 Å². The van der Waals surface area contributed by atoms with Crippen LogP contribution in [0.5, 0.6) is 0 Å². The standard InChI is InChI=1S/C13H20N2O4S/c1-4-13(2,19-3)12(16)15-9-10-6-5-7-11(8-10)20(14,17)18/h5-8H,4,9H2,1-3H3,(H,15,16)(H2,14,17,18). The van der Waals surface area contributed by atoms with E-state index in [4.69, 9.17) is 9.88 Å². The number of hydrogen-bond acceptors (Lipinski definition) is 4. The van der Waals surface area contributed by atoms with Crippen LogP contribution in [0.4, 0.5) is 0 Å². The Labute approximate surface area is 119 Å². The number of primary sulfonamides is 1. The third kappa shape index (κ3) is 4.03. The van der Waals surface area contributed by atoms with Gasteiger partial charge in [-0.1, -0.05) is 19.1 Å². The molecule has 20 heavy (non-hydrogen) atoms. The van der Waals surface area contributed by atoms with Crippen molar-refractivity contribution in [2.24, 2.45) is 5.14 Å². The van der Waals surface area contributed by atoms with Crippen LogP contribution in [0.15, 0.2) is 29.2 Å². The molecule has 7 heteroatoms. The van der Waals surface area contributed by atoms with Crippen LogP contribution in [0.3, 0.4) is 0 Å². The molecule has 0 radical (unpaired) electrons. The second-order valence-corrected chi connectivity index (χ2v) is 6.23. The lowest BCUT2D eigenvalue weighted by Gasteiger charge is -2.25. The van der Waals surface area contributed by atoms with Gasteiger partial charge in [0, 0.05) is 13.7 Å². The van der Waals surface area contributed by atoms with Gasteiger partial charge in [0.1, 0.15) is 5.60 Å². The molecule has 0 aliphatic rings. The minimum atomic E-state index is -3.74. The van der Waals surface area contributed by atoms with E-state index in [1.807, 2.05) is 6.92 Å². The van der Waals surface area contributed by atoms with E-state index in [2.05, 4.69) is 5.32 Å². The molecule has 1 rings (SSSR count). The molecular formula is C13H20N2O4S. The molecule has 0 fully saturated rings. The van der Waals surface area contributed by atoms with Crippen molar-refractivity contribution in [1.82, 2.24) is 5.32 Å². The summed E-state index contributed by atoms with van der Waals surface area (Å²) in [5.74, 6) is -0.247. The van der Waals surface area contributed by atoms with E-state index in [9.17, 15) is 13.2 Å². The maximum Gasteiger partial charge on any atom is 0.252 e. The molecule has 0 aliphatic carbocycles. The smallest absolute Gasteiger partial charge is 0.252 e. The minimum Gasteiger partial charge on any atom is -0.369 e. The van der Waals surface area contributed by atoms with E-state index in [0.717, 1.165) is 0 Å². The fourth-order valence-electron chi connectivity index (χ4n) is 1.60. The Morgan fingerprint density at radius 1 is 1.45 bits per heavy atom. The normalized spacial score (nSPS) is 14.6. The number of carbonyl (C=O) groups excluding carboxylic acids is 1. The Bertz CT molecular complexity index is 580.